The predicted molar refractivity (Wildman–Crippen MR) is 101 cm³/mol. The van der Waals surface area contributed by atoms with Gasteiger partial charge in [0.15, 0.2) is 5.78 Å². The molecule has 4 rings (SSSR count). The standard InChI is InChI=1S/C21H22FN3O3/c1-12-5-6-15(10-17(12)22)25-13(2)9-16(14(25)3)18(26)11-24-19(27)21(7-4-8-21)23-20(24)28/h5-6,9-10H,4,7-8,11H2,1-3H3,(H,23,28). The number of carbonyl (C=O) groups is 3. The molecule has 7 heteroatoms. The first-order valence-corrected chi connectivity index (χ1v) is 9.36. The van der Waals surface area contributed by atoms with Crippen molar-refractivity contribution in [1.29, 1.82) is 0 Å². The Hall–Kier alpha value is -2.96. The first-order chi connectivity index (χ1) is 13.2. The molecule has 2 fully saturated rings. The number of nitrogens with one attached hydrogen (secondary N) is 1. The Bertz CT molecular complexity index is 1020. The van der Waals surface area contributed by atoms with Gasteiger partial charge in [-0.25, -0.2) is 9.18 Å². The highest BCUT2D eigenvalue weighted by molar-refractivity contribution is 6.11. The highest BCUT2D eigenvalue weighted by Gasteiger charge is 2.55. The van der Waals surface area contributed by atoms with E-state index in [1.807, 2.05) is 6.92 Å². The number of rotatable bonds is 4. The van der Waals surface area contributed by atoms with Crippen LogP contribution < -0.4 is 5.32 Å². The molecule has 2 aromatic rings. The molecule has 1 aliphatic heterocycles. The normalized spacial score (nSPS) is 17.8. The summed E-state index contributed by atoms with van der Waals surface area (Å²) in [6, 6.07) is 6.13. The number of urea groups is 1. The van der Waals surface area contributed by atoms with Crippen LogP contribution in [0.3, 0.4) is 0 Å². The van der Waals surface area contributed by atoms with Crippen LogP contribution in [-0.2, 0) is 4.79 Å². The zero-order valence-corrected chi connectivity index (χ0v) is 16.1. The lowest BCUT2D eigenvalue weighted by atomic mass is 9.77. The van der Waals surface area contributed by atoms with Crippen LogP contribution in [-0.4, -0.2) is 39.3 Å². The van der Waals surface area contributed by atoms with Crippen LogP contribution in [0.5, 0.6) is 0 Å². The Labute approximate surface area is 162 Å². The van der Waals surface area contributed by atoms with Gasteiger partial charge >= 0.3 is 6.03 Å². The quantitative estimate of drug-likeness (QED) is 0.651. The molecule has 0 atom stereocenters. The lowest BCUT2D eigenvalue weighted by Gasteiger charge is -2.34. The van der Waals surface area contributed by atoms with E-state index in [-0.39, 0.29) is 24.1 Å². The fraction of sp³-hybridized carbons (Fsp3) is 0.381. The Morgan fingerprint density at radius 3 is 2.46 bits per heavy atom. The Kier molecular flexibility index (Phi) is 4.14. The monoisotopic (exact) mass is 383 g/mol. The van der Waals surface area contributed by atoms with Crippen molar-refractivity contribution in [1.82, 2.24) is 14.8 Å². The second-order valence-corrected chi connectivity index (χ2v) is 7.73. The number of amides is 3. The number of carbonyl (C=O) groups excluding carboxylic acids is 3. The van der Waals surface area contributed by atoms with Gasteiger partial charge in [-0.1, -0.05) is 6.07 Å². The average Bonchev–Trinajstić information content (AvgIpc) is 3.05. The van der Waals surface area contributed by atoms with Crippen molar-refractivity contribution in [3.63, 3.8) is 0 Å². The summed E-state index contributed by atoms with van der Waals surface area (Å²) in [5.74, 6) is -0.943. The molecule has 28 heavy (non-hydrogen) atoms. The molecular weight excluding hydrogens is 361 g/mol. The number of Topliss-reactive ketones (excluding diaryl/α,β-unsaturated/α-hetero) is 1. The third-order valence-electron chi connectivity index (χ3n) is 5.90. The van der Waals surface area contributed by atoms with Gasteiger partial charge < -0.3 is 9.88 Å². The Morgan fingerprint density at radius 2 is 1.89 bits per heavy atom. The molecule has 0 bridgehead atoms. The van der Waals surface area contributed by atoms with Gasteiger partial charge in [-0.05, 0) is 63.8 Å². The molecule has 1 spiro atoms. The molecule has 1 N–H and O–H groups in total. The van der Waals surface area contributed by atoms with Gasteiger partial charge in [0.1, 0.15) is 11.4 Å². The number of ketones is 1. The van der Waals surface area contributed by atoms with Crippen molar-refractivity contribution in [2.75, 3.05) is 6.54 Å². The molecule has 0 radical (unpaired) electrons. The molecule has 0 unspecified atom stereocenters. The van der Waals surface area contributed by atoms with Gasteiger partial charge in [-0.3, -0.25) is 14.5 Å². The molecule has 1 aromatic carbocycles. The number of nitrogens with zero attached hydrogens (tertiary/aromatic N) is 2. The molecule has 1 aliphatic carbocycles. The Morgan fingerprint density at radius 1 is 1.18 bits per heavy atom. The molecule has 1 aromatic heterocycles. The zero-order valence-electron chi connectivity index (χ0n) is 16.1. The SMILES string of the molecule is Cc1ccc(-n2c(C)cc(C(=O)CN3C(=O)NC4(CCC4)C3=O)c2C)cc1F. The minimum absolute atomic E-state index is 0.293. The van der Waals surface area contributed by atoms with Crippen LogP contribution in [0.2, 0.25) is 0 Å². The molecule has 6 nitrogen and oxygen atoms in total. The third-order valence-corrected chi connectivity index (χ3v) is 5.90. The molecule has 1 saturated carbocycles. The summed E-state index contributed by atoms with van der Waals surface area (Å²) in [6.45, 7) is 5.01. The van der Waals surface area contributed by atoms with E-state index < -0.39 is 11.6 Å². The Balaban J connectivity index is 1.61. The number of aromatic nitrogens is 1. The summed E-state index contributed by atoms with van der Waals surface area (Å²) < 4.78 is 15.8. The largest absolute Gasteiger partial charge is 0.325 e. The van der Waals surface area contributed by atoms with Crippen molar-refractivity contribution < 1.29 is 18.8 Å². The number of imide groups is 1. The lowest BCUT2D eigenvalue weighted by Crippen LogP contribution is -2.52. The maximum atomic E-state index is 14.0. The summed E-state index contributed by atoms with van der Waals surface area (Å²) in [4.78, 5) is 38.7. The summed E-state index contributed by atoms with van der Waals surface area (Å²) in [7, 11) is 0. The molecule has 1 saturated heterocycles. The van der Waals surface area contributed by atoms with Gasteiger partial charge in [-0.15, -0.1) is 0 Å². The van der Waals surface area contributed by atoms with E-state index in [2.05, 4.69) is 5.32 Å². The minimum atomic E-state index is -0.798. The predicted octanol–water partition coefficient (Wildman–Crippen LogP) is 3.20. The van der Waals surface area contributed by atoms with E-state index in [4.69, 9.17) is 0 Å². The topological polar surface area (TPSA) is 71.4 Å². The number of aryl methyl sites for hydroxylation is 2. The van der Waals surface area contributed by atoms with Crippen LogP contribution >= 0.6 is 0 Å². The first-order valence-electron chi connectivity index (χ1n) is 9.36. The van der Waals surface area contributed by atoms with Crippen LogP contribution in [0.4, 0.5) is 9.18 Å². The van der Waals surface area contributed by atoms with E-state index in [1.54, 1.807) is 36.6 Å². The van der Waals surface area contributed by atoms with Crippen molar-refractivity contribution in [2.24, 2.45) is 0 Å². The van der Waals surface area contributed by atoms with Crippen molar-refractivity contribution in [3.05, 3.63) is 52.6 Å². The molecule has 146 valence electrons. The van der Waals surface area contributed by atoms with Gasteiger partial charge in [0.05, 0.1) is 6.54 Å². The van der Waals surface area contributed by atoms with E-state index in [0.717, 1.165) is 17.0 Å². The number of benzene rings is 1. The van der Waals surface area contributed by atoms with Gasteiger partial charge in [0.2, 0.25) is 0 Å². The summed E-state index contributed by atoms with van der Waals surface area (Å²) in [6.07, 6.45) is 2.13. The van der Waals surface area contributed by atoms with Crippen molar-refractivity contribution in [3.8, 4) is 5.69 Å². The number of halogens is 1. The van der Waals surface area contributed by atoms with Gasteiger partial charge in [-0.2, -0.15) is 0 Å². The summed E-state index contributed by atoms with van der Waals surface area (Å²) >= 11 is 0. The molecule has 2 aliphatic rings. The summed E-state index contributed by atoms with van der Waals surface area (Å²) in [5, 5.41) is 2.73. The summed E-state index contributed by atoms with van der Waals surface area (Å²) in [5.41, 5.74) is 2.22. The molecular formula is C21H22FN3O3. The van der Waals surface area contributed by atoms with Gasteiger partial charge in [0, 0.05) is 22.6 Å². The highest BCUT2D eigenvalue weighted by atomic mass is 19.1. The maximum absolute atomic E-state index is 14.0. The minimum Gasteiger partial charge on any atom is -0.323 e. The van der Waals surface area contributed by atoms with Crippen molar-refractivity contribution >= 4 is 17.7 Å². The third kappa shape index (κ3) is 2.65. The van der Waals surface area contributed by atoms with E-state index in [9.17, 15) is 18.8 Å². The highest BCUT2D eigenvalue weighted by Crippen LogP contribution is 2.37. The number of hydrogen-bond donors (Lipinski definition) is 1. The zero-order chi connectivity index (χ0) is 20.2. The van der Waals surface area contributed by atoms with Crippen molar-refractivity contribution in [2.45, 2.75) is 45.6 Å². The van der Waals surface area contributed by atoms with Crippen LogP contribution in [0.15, 0.2) is 24.3 Å². The van der Waals surface area contributed by atoms with E-state index in [0.29, 0.717) is 35.3 Å². The first kappa shape index (κ1) is 18.4. The van der Waals surface area contributed by atoms with E-state index in [1.165, 1.54) is 6.07 Å². The average molecular weight is 383 g/mol. The fourth-order valence-corrected chi connectivity index (χ4v) is 4.08. The fourth-order valence-electron chi connectivity index (χ4n) is 4.08. The second-order valence-electron chi connectivity index (χ2n) is 7.73. The number of hydrogen-bond acceptors (Lipinski definition) is 3. The van der Waals surface area contributed by atoms with E-state index >= 15 is 0 Å². The van der Waals surface area contributed by atoms with Gasteiger partial charge in [0.25, 0.3) is 5.91 Å². The second kappa shape index (κ2) is 6.29. The van der Waals surface area contributed by atoms with Crippen LogP contribution in [0, 0.1) is 26.6 Å². The maximum Gasteiger partial charge on any atom is 0.325 e. The molecule has 3 amide bonds. The lowest BCUT2D eigenvalue weighted by molar-refractivity contribution is -0.133. The smallest absolute Gasteiger partial charge is 0.323 e. The molecule has 2 heterocycles. The van der Waals surface area contributed by atoms with Crippen LogP contribution in [0.1, 0.15) is 46.6 Å². The van der Waals surface area contributed by atoms with Crippen LogP contribution in [0.25, 0.3) is 5.69 Å².